The maximum atomic E-state index is 11.3. The second-order valence-electron chi connectivity index (χ2n) is 5.67. The fourth-order valence-electron chi connectivity index (χ4n) is 1.59. The summed E-state index contributed by atoms with van der Waals surface area (Å²) in [4.78, 5) is 11.3. The molecule has 0 unspecified atom stereocenters. The molecule has 20 heavy (non-hydrogen) atoms. The summed E-state index contributed by atoms with van der Waals surface area (Å²) in [7, 11) is 2.01. The van der Waals surface area contributed by atoms with Crippen LogP contribution in [0.2, 0.25) is 0 Å². The number of hydrogen-bond donors (Lipinski definition) is 2. The second-order valence-corrected chi connectivity index (χ2v) is 5.67. The van der Waals surface area contributed by atoms with Crippen molar-refractivity contribution in [3.63, 3.8) is 0 Å². The lowest BCUT2D eigenvalue weighted by Crippen LogP contribution is -2.32. The molecule has 0 atom stereocenters. The summed E-state index contributed by atoms with van der Waals surface area (Å²) in [6, 6.07) is 2.08. The average Bonchev–Trinajstić information content (AvgIpc) is 2.71. The van der Waals surface area contributed by atoms with E-state index in [-0.39, 0.29) is 6.09 Å². The van der Waals surface area contributed by atoms with Crippen LogP contribution >= 0.6 is 0 Å². The first kappa shape index (κ1) is 16.3. The third-order valence-electron chi connectivity index (χ3n) is 2.41. The van der Waals surface area contributed by atoms with Gasteiger partial charge in [0.25, 0.3) is 0 Å². The highest BCUT2D eigenvalue weighted by Crippen LogP contribution is 2.06. The highest BCUT2D eigenvalue weighted by atomic mass is 16.6. The van der Waals surface area contributed by atoms with Gasteiger partial charge in [0.05, 0.1) is 0 Å². The van der Waals surface area contributed by atoms with Gasteiger partial charge in [-0.1, -0.05) is 12.2 Å². The van der Waals surface area contributed by atoms with Gasteiger partial charge in [0.15, 0.2) is 0 Å². The minimum absolute atomic E-state index is 0.389. The molecule has 0 aliphatic rings. The third kappa shape index (κ3) is 7.63. The number of aryl methyl sites for hydroxylation is 1. The number of rotatable bonds is 6. The van der Waals surface area contributed by atoms with Crippen LogP contribution in [0.15, 0.2) is 30.6 Å². The van der Waals surface area contributed by atoms with Crippen LogP contribution in [0.5, 0.6) is 0 Å². The van der Waals surface area contributed by atoms with Crippen molar-refractivity contribution in [1.29, 1.82) is 0 Å². The Hall–Kier alpha value is -1.75. The van der Waals surface area contributed by atoms with E-state index in [2.05, 4.69) is 22.9 Å². The lowest BCUT2D eigenvalue weighted by molar-refractivity contribution is 0.0534. The van der Waals surface area contributed by atoms with Gasteiger partial charge in [-0.3, -0.25) is 0 Å². The molecule has 1 heterocycles. The zero-order valence-electron chi connectivity index (χ0n) is 12.8. The third-order valence-corrected chi connectivity index (χ3v) is 2.41. The van der Waals surface area contributed by atoms with Crippen molar-refractivity contribution in [2.45, 2.75) is 32.9 Å². The number of ether oxygens (including phenoxy) is 1. The SMILES string of the molecule is Cn1ccc(CNC/C=C/CNC(=O)OC(C)(C)C)c1. The number of amides is 1. The second kappa shape index (κ2) is 7.75. The molecule has 0 radical (unpaired) electrons. The quantitative estimate of drug-likeness (QED) is 0.620. The molecular weight excluding hydrogens is 254 g/mol. The Bertz CT molecular complexity index is 444. The molecule has 112 valence electrons. The summed E-state index contributed by atoms with van der Waals surface area (Å²) >= 11 is 0. The van der Waals surface area contributed by atoms with Crippen molar-refractivity contribution >= 4 is 6.09 Å². The van der Waals surface area contributed by atoms with E-state index >= 15 is 0 Å². The lowest BCUT2D eigenvalue weighted by atomic mass is 10.2. The van der Waals surface area contributed by atoms with Gasteiger partial charge in [-0.15, -0.1) is 0 Å². The van der Waals surface area contributed by atoms with Crippen molar-refractivity contribution in [2.24, 2.45) is 7.05 Å². The Labute approximate surface area is 121 Å². The van der Waals surface area contributed by atoms with Crippen LogP contribution in [0.4, 0.5) is 4.79 Å². The van der Waals surface area contributed by atoms with Crippen molar-refractivity contribution in [1.82, 2.24) is 15.2 Å². The minimum Gasteiger partial charge on any atom is -0.444 e. The van der Waals surface area contributed by atoms with E-state index < -0.39 is 5.60 Å². The first-order valence-electron chi connectivity index (χ1n) is 6.80. The normalized spacial score (nSPS) is 11.8. The number of alkyl carbamates (subject to hydrolysis) is 1. The number of nitrogens with zero attached hydrogens (tertiary/aromatic N) is 1. The van der Waals surface area contributed by atoms with Gasteiger partial charge in [0, 0.05) is 39.1 Å². The average molecular weight is 279 g/mol. The molecule has 1 aromatic heterocycles. The molecular formula is C15H25N3O2. The summed E-state index contributed by atoms with van der Waals surface area (Å²) < 4.78 is 7.15. The van der Waals surface area contributed by atoms with Gasteiger partial charge in [0.1, 0.15) is 5.60 Å². The van der Waals surface area contributed by atoms with E-state index in [1.807, 2.05) is 50.7 Å². The van der Waals surface area contributed by atoms with Crippen LogP contribution in [0.3, 0.4) is 0 Å². The molecule has 0 aliphatic carbocycles. The van der Waals surface area contributed by atoms with Crippen molar-refractivity contribution < 1.29 is 9.53 Å². The summed E-state index contributed by atoms with van der Waals surface area (Å²) in [6.07, 6.45) is 7.61. The van der Waals surface area contributed by atoms with Gasteiger partial charge >= 0.3 is 6.09 Å². The summed E-state index contributed by atoms with van der Waals surface area (Å²) in [5.41, 5.74) is 0.804. The first-order chi connectivity index (χ1) is 9.37. The molecule has 5 heteroatoms. The fourth-order valence-corrected chi connectivity index (χ4v) is 1.59. The largest absolute Gasteiger partial charge is 0.444 e. The van der Waals surface area contributed by atoms with Crippen LogP contribution in [0, 0.1) is 0 Å². The number of carbonyl (C=O) groups is 1. The molecule has 1 amide bonds. The summed E-state index contributed by atoms with van der Waals surface area (Å²) in [5.74, 6) is 0. The van der Waals surface area contributed by atoms with Gasteiger partial charge in [-0.25, -0.2) is 4.79 Å². The Balaban J connectivity index is 2.06. The van der Waals surface area contributed by atoms with Gasteiger partial charge in [-0.2, -0.15) is 0 Å². The minimum atomic E-state index is -0.453. The predicted molar refractivity (Wildman–Crippen MR) is 80.5 cm³/mol. The number of aromatic nitrogens is 1. The highest BCUT2D eigenvalue weighted by molar-refractivity contribution is 5.67. The van der Waals surface area contributed by atoms with Crippen LogP contribution in [0.25, 0.3) is 0 Å². The molecule has 1 rings (SSSR count). The molecule has 0 aliphatic heterocycles. The van der Waals surface area contributed by atoms with Gasteiger partial charge in [-0.05, 0) is 32.4 Å². The molecule has 5 nitrogen and oxygen atoms in total. The molecule has 0 spiro atoms. The van der Waals surface area contributed by atoms with Crippen LogP contribution in [0.1, 0.15) is 26.3 Å². The Morgan fingerprint density at radius 2 is 2.05 bits per heavy atom. The van der Waals surface area contributed by atoms with Crippen molar-refractivity contribution in [3.8, 4) is 0 Å². The van der Waals surface area contributed by atoms with E-state index in [0.29, 0.717) is 6.54 Å². The maximum Gasteiger partial charge on any atom is 0.407 e. The molecule has 0 fully saturated rings. The standard InChI is InChI=1S/C15H25N3O2/c1-15(2,3)20-14(19)17-9-6-5-8-16-11-13-7-10-18(4)12-13/h5-7,10,12,16H,8-9,11H2,1-4H3,(H,17,19)/b6-5+. The zero-order valence-corrected chi connectivity index (χ0v) is 12.8. The lowest BCUT2D eigenvalue weighted by Gasteiger charge is -2.19. The molecule has 0 saturated heterocycles. The van der Waals surface area contributed by atoms with E-state index in [1.54, 1.807) is 0 Å². The number of carbonyl (C=O) groups excluding carboxylic acids is 1. The van der Waals surface area contributed by atoms with Crippen molar-refractivity contribution in [2.75, 3.05) is 13.1 Å². The van der Waals surface area contributed by atoms with E-state index in [4.69, 9.17) is 4.74 Å². The van der Waals surface area contributed by atoms with E-state index in [9.17, 15) is 4.79 Å². The monoisotopic (exact) mass is 279 g/mol. The molecule has 1 aromatic rings. The topological polar surface area (TPSA) is 55.3 Å². The Morgan fingerprint density at radius 3 is 2.65 bits per heavy atom. The fraction of sp³-hybridized carbons (Fsp3) is 0.533. The molecule has 2 N–H and O–H groups in total. The van der Waals surface area contributed by atoms with E-state index in [0.717, 1.165) is 13.1 Å². The number of nitrogens with one attached hydrogen (secondary N) is 2. The first-order valence-corrected chi connectivity index (χ1v) is 6.80. The van der Waals surface area contributed by atoms with E-state index in [1.165, 1.54) is 5.56 Å². The Morgan fingerprint density at radius 1 is 1.35 bits per heavy atom. The molecule has 0 aromatic carbocycles. The predicted octanol–water partition coefficient (Wildman–Crippen LogP) is 2.20. The van der Waals surface area contributed by atoms with Gasteiger partial charge in [0.2, 0.25) is 0 Å². The highest BCUT2D eigenvalue weighted by Gasteiger charge is 2.14. The van der Waals surface area contributed by atoms with Crippen molar-refractivity contribution in [3.05, 3.63) is 36.2 Å². The van der Waals surface area contributed by atoms with Crippen LogP contribution in [-0.2, 0) is 18.3 Å². The molecule has 0 saturated carbocycles. The zero-order chi connectivity index (χ0) is 15.0. The van der Waals surface area contributed by atoms with Crippen LogP contribution in [-0.4, -0.2) is 29.4 Å². The smallest absolute Gasteiger partial charge is 0.407 e. The Kier molecular flexibility index (Phi) is 6.31. The maximum absolute atomic E-state index is 11.3. The summed E-state index contributed by atoms with van der Waals surface area (Å²) in [5, 5.41) is 5.97. The number of hydrogen-bond acceptors (Lipinski definition) is 3. The molecule has 0 bridgehead atoms. The summed E-state index contributed by atoms with van der Waals surface area (Å²) in [6.45, 7) is 7.61. The van der Waals surface area contributed by atoms with Crippen LogP contribution < -0.4 is 10.6 Å². The van der Waals surface area contributed by atoms with Gasteiger partial charge < -0.3 is 19.9 Å².